The second kappa shape index (κ2) is 9.64. The monoisotopic (exact) mass is 550 g/mol. The Hall–Kier alpha value is -2.88. The van der Waals surface area contributed by atoms with E-state index in [4.69, 9.17) is 10.1 Å². The van der Waals surface area contributed by atoms with Gasteiger partial charge in [0.25, 0.3) is 5.91 Å². The minimum absolute atomic E-state index is 0.00184. The van der Waals surface area contributed by atoms with Crippen LogP contribution in [0.15, 0.2) is 47.2 Å². The van der Waals surface area contributed by atoms with Crippen LogP contribution >= 0.6 is 27.3 Å². The van der Waals surface area contributed by atoms with Crippen molar-refractivity contribution in [2.24, 2.45) is 0 Å². The smallest absolute Gasteiger partial charge is 0.253 e. The Morgan fingerprint density at radius 3 is 2.71 bits per heavy atom. The third-order valence-electron chi connectivity index (χ3n) is 6.20. The van der Waals surface area contributed by atoms with Gasteiger partial charge in [-0.3, -0.25) is 9.78 Å². The number of nitrogens with zero attached hydrogens (tertiary/aromatic N) is 6. The van der Waals surface area contributed by atoms with Gasteiger partial charge < -0.3 is 9.80 Å². The third kappa shape index (κ3) is 4.55. The number of halogens is 1. The average Bonchev–Trinajstić information content (AvgIpc) is 3.42. The van der Waals surface area contributed by atoms with Crippen LogP contribution in [-0.2, 0) is 12.8 Å². The fourth-order valence-electron chi connectivity index (χ4n) is 4.38. The molecule has 1 aliphatic carbocycles. The fourth-order valence-corrected chi connectivity index (χ4v) is 5.95. The van der Waals surface area contributed by atoms with Crippen molar-refractivity contribution in [1.82, 2.24) is 29.5 Å². The summed E-state index contributed by atoms with van der Waals surface area (Å²) in [7, 11) is 5.85. The predicted octanol–water partition coefficient (Wildman–Crippen LogP) is 4.86. The zero-order valence-corrected chi connectivity index (χ0v) is 22.7. The number of aromatic nitrogens is 4. The van der Waals surface area contributed by atoms with Gasteiger partial charge in [0.05, 0.1) is 32.7 Å². The van der Waals surface area contributed by atoms with Gasteiger partial charge in [0.2, 0.25) is 0 Å². The molecule has 7 nitrogen and oxygen atoms in total. The molecule has 0 fully saturated rings. The number of hydrogen-bond acceptors (Lipinski definition) is 6. The van der Waals surface area contributed by atoms with Crippen molar-refractivity contribution >= 4 is 33.2 Å². The molecule has 0 bridgehead atoms. The van der Waals surface area contributed by atoms with E-state index < -0.39 is 0 Å². The number of aryl methyl sites for hydroxylation is 2. The molecule has 0 saturated heterocycles. The summed E-state index contributed by atoms with van der Waals surface area (Å²) in [6.07, 6.45) is 5.42. The molecule has 1 aromatic carbocycles. The van der Waals surface area contributed by atoms with Gasteiger partial charge in [0.1, 0.15) is 0 Å². The van der Waals surface area contributed by atoms with Crippen LogP contribution in [0.4, 0.5) is 0 Å². The molecule has 4 aromatic rings. The van der Waals surface area contributed by atoms with Crippen molar-refractivity contribution in [1.29, 1.82) is 0 Å². The Balaban J connectivity index is 1.59. The molecule has 1 aliphatic rings. The van der Waals surface area contributed by atoms with Crippen LogP contribution in [0.3, 0.4) is 0 Å². The molecule has 3 aromatic heterocycles. The minimum Gasteiger partial charge on any atom is -0.340 e. The predicted molar refractivity (Wildman–Crippen MR) is 143 cm³/mol. The van der Waals surface area contributed by atoms with E-state index in [0.717, 1.165) is 57.2 Å². The Morgan fingerprint density at radius 1 is 1.17 bits per heavy atom. The topological polar surface area (TPSA) is 67.2 Å². The summed E-state index contributed by atoms with van der Waals surface area (Å²) in [6, 6.07) is 9.74. The average molecular weight is 552 g/mol. The number of hydrogen-bond donors (Lipinski definition) is 0. The maximum atomic E-state index is 13.0. The van der Waals surface area contributed by atoms with E-state index in [0.29, 0.717) is 12.1 Å². The molecule has 1 amide bonds. The number of fused-ring (bicyclic) bond motifs is 3. The molecule has 0 aliphatic heterocycles. The normalized spacial score (nSPS) is 12.5. The molecule has 5 rings (SSSR count). The van der Waals surface area contributed by atoms with Crippen LogP contribution in [0, 0.1) is 6.92 Å². The largest absolute Gasteiger partial charge is 0.340 e. The lowest BCUT2D eigenvalue weighted by atomic mass is 9.95. The minimum atomic E-state index is -0.00184. The number of benzene rings is 1. The highest BCUT2D eigenvalue weighted by molar-refractivity contribution is 9.10. The Labute approximate surface area is 217 Å². The summed E-state index contributed by atoms with van der Waals surface area (Å²) in [5.41, 5.74) is 6.90. The third-order valence-corrected chi connectivity index (χ3v) is 7.86. The summed E-state index contributed by atoms with van der Waals surface area (Å²) >= 11 is 5.45. The molecule has 3 heterocycles. The van der Waals surface area contributed by atoms with E-state index in [1.54, 1.807) is 22.4 Å². The number of carbonyl (C=O) groups is 1. The van der Waals surface area contributed by atoms with Crippen LogP contribution in [0.1, 0.15) is 26.6 Å². The molecule has 0 spiro atoms. The second-order valence-electron chi connectivity index (χ2n) is 9.03. The van der Waals surface area contributed by atoms with Crippen molar-refractivity contribution in [2.45, 2.75) is 19.8 Å². The number of amides is 1. The molecular formula is C26H27BrN6OS. The first kappa shape index (κ1) is 23.8. The maximum absolute atomic E-state index is 13.0. The van der Waals surface area contributed by atoms with E-state index in [2.05, 4.69) is 32.7 Å². The molecule has 0 atom stereocenters. The fraction of sp³-hybridized carbons (Fsp3) is 0.308. The molecular weight excluding hydrogens is 524 g/mol. The number of thiazole rings is 1. The Bertz CT molecular complexity index is 1390. The van der Waals surface area contributed by atoms with Gasteiger partial charge in [0.15, 0.2) is 0 Å². The van der Waals surface area contributed by atoms with Crippen molar-refractivity contribution in [2.75, 3.05) is 34.2 Å². The molecule has 35 heavy (non-hydrogen) atoms. The molecule has 9 heteroatoms. The van der Waals surface area contributed by atoms with Crippen LogP contribution < -0.4 is 0 Å². The summed E-state index contributed by atoms with van der Waals surface area (Å²) in [5.74, 6) is -0.00184. The van der Waals surface area contributed by atoms with Crippen LogP contribution in [-0.4, -0.2) is 69.7 Å². The summed E-state index contributed by atoms with van der Waals surface area (Å²) < 4.78 is 2.82. The SMILES string of the molecule is Cc1nc2c(s1)-c1c(c(-c3cccnc3)nn1-c1ccc(C(=O)N(C)CCN(C)C)cc1Br)CC2. The summed E-state index contributed by atoms with van der Waals surface area (Å²) in [5, 5.41) is 6.14. The van der Waals surface area contributed by atoms with Crippen LogP contribution in [0.25, 0.3) is 27.5 Å². The van der Waals surface area contributed by atoms with Crippen LogP contribution in [0.2, 0.25) is 0 Å². The van der Waals surface area contributed by atoms with Gasteiger partial charge in [-0.1, -0.05) is 0 Å². The van der Waals surface area contributed by atoms with E-state index >= 15 is 0 Å². The van der Waals surface area contributed by atoms with Gasteiger partial charge in [0, 0.05) is 53.7 Å². The van der Waals surface area contributed by atoms with Crippen molar-refractivity contribution in [3.05, 3.63) is 69.0 Å². The number of likely N-dealkylation sites (N-methyl/N-ethyl adjacent to an activating group) is 2. The lowest BCUT2D eigenvalue weighted by Gasteiger charge is -2.20. The van der Waals surface area contributed by atoms with Gasteiger partial charge in [-0.15, -0.1) is 11.3 Å². The Kier molecular flexibility index (Phi) is 6.57. The van der Waals surface area contributed by atoms with Crippen molar-refractivity contribution < 1.29 is 4.79 Å². The highest BCUT2D eigenvalue weighted by atomic mass is 79.9. The van der Waals surface area contributed by atoms with E-state index in [1.165, 1.54) is 10.4 Å². The first-order chi connectivity index (χ1) is 16.8. The van der Waals surface area contributed by atoms with Gasteiger partial charge in [-0.25, -0.2) is 9.67 Å². The standard InChI is InChI=1S/C26H27BrN6OS/c1-16-29-21-9-8-19-23(18-6-5-11-28-15-18)30-33(24(19)25(21)35-16)22-10-7-17(14-20(22)27)26(34)32(4)13-12-31(2)3/h5-7,10-11,14-15H,8-9,12-13H2,1-4H3. The maximum Gasteiger partial charge on any atom is 0.253 e. The zero-order chi connectivity index (χ0) is 24.7. The quantitative estimate of drug-likeness (QED) is 0.343. The second-order valence-corrected chi connectivity index (χ2v) is 11.1. The molecule has 0 radical (unpaired) electrons. The lowest BCUT2D eigenvalue weighted by molar-refractivity contribution is 0.0786. The first-order valence-electron chi connectivity index (χ1n) is 11.5. The van der Waals surface area contributed by atoms with Crippen molar-refractivity contribution in [3.63, 3.8) is 0 Å². The summed E-state index contributed by atoms with van der Waals surface area (Å²) in [4.78, 5) is 27.1. The first-order valence-corrected chi connectivity index (χ1v) is 13.1. The molecule has 0 saturated carbocycles. The van der Waals surface area contributed by atoms with Gasteiger partial charge in [-0.05, 0) is 80.1 Å². The van der Waals surface area contributed by atoms with E-state index in [-0.39, 0.29) is 5.91 Å². The zero-order valence-electron chi connectivity index (χ0n) is 20.2. The van der Waals surface area contributed by atoms with Crippen molar-refractivity contribution in [3.8, 4) is 27.5 Å². The number of carbonyl (C=O) groups excluding carboxylic acids is 1. The number of rotatable bonds is 6. The summed E-state index contributed by atoms with van der Waals surface area (Å²) in [6.45, 7) is 3.53. The number of pyridine rings is 1. The molecule has 0 unspecified atom stereocenters. The molecule has 180 valence electrons. The van der Waals surface area contributed by atoms with Gasteiger partial charge >= 0.3 is 0 Å². The van der Waals surface area contributed by atoms with Gasteiger partial charge in [-0.2, -0.15) is 5.10 Å². The highest BCUT2D eigenvalue weighted by Crippen LogP contribution is 2.43. The molecule has 0 N–H and O–H groups in total. The Morgan fingerprint density at radius 2 is 2.00 bits per heavy atom. The van der Waals surface area contributed by atoms with E-state index in [1.807, 2.05) is 62.4 Å². The lowest BCUT2D eigenvalue weighted by Crippen LogP contribution is -2.33. The van der Waals surface area contributed by atoms with Crippen LogP contribution in [0.5, 0.6) is 0 Å². The van der Waals surface area contributed by atoms with E-state index in [9.17, 15) is 4.79 Å². The highest BCUT2D eigenvalue weighted by Gasteiger charge is 2.30.